The number of rotatable bonds is 4. The van der Waals surface area contributed by atoms with Crippen LogP contribution < -0.4 is 5.73 Å². The molecule has 0 radical (unpaired) electrons. The summed E-state index contributed by atoms with van der Waals surface area (Å²) in [6, 6.07) is 0.663. The lowest BCUT2D eigenvalue weighted by Crippen LogP contribution is -2.18. The second-order valence-electron chi connectivity index (χ2n) is 4.56. The maximum absolute atomic E-state index is 6.08. The number of hydrogen-bond donors (Lipinski definition) is 1. The highest BCUT2D eigenvalue weighted by atomic mass is 15.3. The van der Waals surface area contributed by atoms with Crippen molar-refractivity contribution < 1.29 is 0 Å². The number of aromatic nitrogens is 3. The zero-order chi connectivity index (χ0) is 10.1. The molecule has 0 amide bonds. The largest absolute Gasteiger partial charge is 0.321 e. The van der Waals surface area contributed by atoms with Crippen LogP contribution in [0, 0.1) is 5.92 Å². The van der Waals surface area contributed by atoms with Crippen LogP contribution >= 0.6 is 0 Å². The minimum atomic E-state index is 0.0399. The molecule has 0 saturated heterocycles. The van der Waals surface area contributed by atoms with Crippen molar-refractivity contribution >= 4 is 0 Å². The summed E-state index contributed by atoms with van der Waals surface area (Å²) in [7, 11) is 0. The van der Waals surface area contributed by atoms with Crippen molar-refractivity contribution in [1.29, 1.82) is 0 Å². The fourth-order valence-corrected chi connectivity index (χ4v) is 1.76. The van der Waals surface area contributed by atoms with Crippen LogP contribution in [0.5, 0.6) is 0 Å². The van der Waals surface area contributed by atoms with Crippen molar-refractivity contribution in [2.75, 3.05) is 0 Å². The Morgan fingerprint density at radius 3 is 2.86 bits per heavy atom. The molecule has 1 heterocycles. The van der Waals surface area contributed by atoms with Gasteiger partial charge in [-0.05, 0) is 25.2 Å². The molecule has 0 bridgehead atoms. The summed E-state index contributed by atoms with van der Waals surface area (Å²) in [5, 5.41) is 8.06. The standard InChI is InChI=1S/C10H18N4/c1-7(2)5-9(11)10-13-12-6-14(10)8-3-4-8/h6-9H,3-5,11H2,1-2H3. The van der Waals surface area contributed by atoms with Crippen LogP contribution in [0.15, 0.2) is 6.33 Å². The molecular weight excluding hydrogens is 176 g/mol. The monoisotopic (exact) mass is 194 g/mol. The van der Waals surface area contributed by atoms with Gasteiger partial charge in [-0.2, -0.15) is 0 Å². The molecule has 1 aromatic rings. The van der Waals surface area contributed by atoms with Gasteiger partial charge >= 0.3 is 0 Å². The van der Waals surface area contributed by atoms with Gasteiger partial charge in [0.25, 0.3) is 0 Å². The quantitative estimate of drug-likeness (QED) is 0.793. The summed E-state index contributed by atoms with van der Waals surface area (Å²) >= 11 is 0. The summed E-state index contributed by atoms with van der Waals surface area (Å²) in [4.78, 5) is 0. The molecule has 0 aliphatic heterocycles. The third kappa shape index (κ3) is 1.95. The lowest BCUT2D eigenvalue weighted by Gasteiger charge is -2.14. The Balaban J connectivity index is 2.09. The van der Waals surface area contributed by atoms with Crippen LogP contribution in [0.3, 0.4) is 0 Å². The first-order valence-electron chi connectivity index (χ1n) is 5.33. The Hall–Kier alpha value is -0.900. The molecule has 1 fully saturated rings. The highest BCUT2D eigenvalue weighted by Gasteiger charge is 2.28. The normalized spacial score (nSPS) is 18.9. The highest BCUT2D eigenvalue weighted by molar-refractivity contribution is 4.99. The van der Waals surface area contributed by atoms with E-state index in [1.807, 2.05) is 6.33 Å². The smallest absolute Gasteiger partial charge is 0.150 e. The van der Waals surface area contributed by atoms with E-state index in [4.69, 9.17) is 5.73 Å². The van der Waals surface area contributed by atoms with Gasteiger partial charge in [0.05, 0.1) is 6.04 Å². The maximum atomic E-state index is 6.08. The summed E-state index contributed by atoms with van der Waals surface area (Å²) < 4.78 is 2.15. The van der Waals surface area contributed by atoms with Gasteiger partial charge in [-0.1, -0.05) is 13.8 Å². The zero-order valence-corrected chi connectivity index (χ0v) is 8.85. The van der Waals surface area contributed by atoms with Crippen molar-refractivity contribution in [3.63, 3.8) is 0 Å². The van der Waals surface area contributed by atoms with Crippen LogP contribution in [-0.4, -0.2) is 14.8 Å². The van der Waals surface area contributed by atoms with E-state index in [1.165, 1.54) is 12.8 Å². The molecule has 2 N–H and O–H groups in total. The van der Waals surface area contributed by atoms with Crippen LogP contribution in [0.2, 0.25) is 0 Å². The lowest BCUT2D eigenvalue weighted by molar-refractivity contribution is 0.474. The average Bonchev–Trinajstić information content (AvgIpc) is 2.82. The van der Waals surface area contributed by atoms with Gasteiger partial charge in [0.1, 0.15) is 12.2 Å². The van der Waals surface area contributed by atoms with Gasteiger partial charge in [0.2, 0.25) is 0 Å². The predicted molar refractivity (Wildman–Crippen MR) is 54.7 cm³/mol. The second kappa shape index (κ2) is 3.69. The van der Waals surface area contributed by atoms with E-state index >= 15 is 0 Å². The van der Waals surface area contributed by atoms with Gasteiger partial charge in [0, 0.05) is 6.04 Å². The average molecular weight is 194 g/mol. The Morgan fingerprint density at radius 2 is 2.29 bits per heavy atom. The van der Waals surface area contributed by atoms with Crippen LogP contribution in [0.4, 0.5) is 0 Å². The number of nitrogens with two attached hydrogens (primary N) is 1. The Morgan fingerprint density at radius 1 is 1.57 bits per heavy atom. The molecule has 2 rings (SSSR count). The van der Waals surface area contributed by atoms with Crippen molar-refractivity contribution in [1.82, 2.24) is 14.8 Å². The first-order chi connectivity index (χ1) is 6.68. The van der Waals surface area contributed by atoms with Gasteiger partial charge in [-0.15, -0.1) is 10.2 Å². The van der Waals surface area contributed by atoms with Gasteiger partial charge < -0.3 is 10.3 Å². The summed E-state index contributed by atoms with van der Waals surface area (Å²) in [5.74, 6) is 1.57. The lowest BCUT2D eigenvalue weighted by atomic mass is 10.0. The van der Waals surface area contributed by atoms with E-state index < -0.39 is 0 Å². The number of nitrogens with zero attached hydrogens (tertiary/aromatic N) is 3. The minimum Gasteiger partial charge on any atom is -0.321 e. The maximum Gasteiger partial charge on any atom is 0.150 e. The second-order valence-corrected chi connectivity index (χ2v) is 4.56. The number of hydrogen-bond acceptors (Lipinski definition) is 3. The molecule has 1 aromatic heterocycles. The SMILES string of the molecule is CC(C)CC(N)c1nncn1C1CC1. The van der Waals surface area contributed by atoms with Crippen LogP contribution in [0.1, 0.15) is 51.0 Å². The predicted octanol–water partition coefficient (Wildman–Crippen LogP) is 1.66. The molecule has 1 aliphatic rings. The molecule has 1 unspecified atom stereocenters. The minimum absolute atomic E-state index is 0.0399. The molecule has 0 aromatic carbocycles. The molecule has 4 nitrogen and oxygen atoms in total. The molecule has 14 heavy (non-hydrogen) atoms. The summed E-state index contributed by atoms with van der Waals surface area (Å²) in [5.41, 5.74) is 6.08. The van der Waals surface area contributed by atoms with E-state index in [9.17, 15) is 0 Å². The van der Waals surface area contributed by atoms with E-state index in [1.54, 1.807) is 0 Å². The summed E-state index contributed by atoms with van der Waals surface area (Å²) in [6.45, 7) is 4.36. The molecule has 78 valence electrons. The molecule has 1 aliphatic carbocycles. The first-order valence-corrected chi connectivity index (χ1v) is 5.33. The van der Waals surface area contributed by atoms with E-state index in [0.29, 0.717) is 12.0 Å². The topological polar surface area (TPSA) is 56.7 Å². The van der Waals surface area contributed by atoms with Crippen LogP contribution in [0.25, 0.3) is 0 Å². The van der Waals surface area contributed by atoms with Gasteiger partial charge in [-0.3, -0.25) is 0 Å². The fourth-order valence-electron chi connectivity index (χ4n) is 1.76. The fraction of sp³-hybridized carbons (Fsp3) is 0.800. The summed E-state index contributed by atoms with van der Waals surface area (Å²) in [6.07, 6.45) is 5.29. The van der Waals surface area contributed by atoms with Gasteiger partial charge in [0.15, 0.2) is 0 Å². The molecule has 0 spiro atoms. The molecule has 1 atom stereocenters. The van der Waals surface area contributed by atoms with E-state index in [-0.39, 0.29) is 6.04 Å². The van der Waals surface area contributed by atoms with Crippen LogP contribution in [-0.2, 0) is 0 Å². The van der Waals surface area contributed by atoms with Crippen molar-refractivity contribution in [2.24, 2.45) is 11.7 Å². The Labute approximate surface area is 84.5 Å². The van der Waals surface area contributed by atoms with Gasteiger partial charge in [-0.25, -0.2) is 0 Å². The molecule has 4 heteroatoms. The Kier molecular flexibility index (Phi) is 2.54. The first kappa shape index (κ1) is 9.65. The van der Waals surface area contributed by atoms with Crippen molar-refractivity contribution in [2.45, 2.75) is 45.2 Å². The third-order valence-corrected chi connectivity index (χ3v) is 2.60. The van der Waals surface area contributed by atoms with E-state index in [0.717, 1.165) is 12.2 Å². The highest BCUT2D eigenvalue weighted by Crippen LogP contribution is 2.36. The van der Waals surface area contributed by atoms with E-state index in [2.05, 4.69) is 28.6 Å². The molecular formula is C10H18N4. The third-order valence-electron chi connectivity index (χ3n) is 2.60. The zero-order valence-electron chi connectivity index (χ0n) is 8.85. The van der Waals surface area contributed by atoms with Crippen molar-refractivity contribution in [3.8, 4) is 0 Å². The molecule has 1 saturated carbocycles. The van der Waals surface area contributed by atoms with Crippen molar-refractivity contribution in [3.05, 3.63) is 12.2 Å². The Bertz CT molecular complexity index is 301.